The van der Waals surface area contributed by atoms with E-state index in [-0.39, 0.29) is 29.3 Å². The molecule has 0 spiro atoms. The van der Waals surface area contributed by atoms with E-state index in [2.05, 4.69) is 16.7 Å². The van der Waals surface area contributed by atoms with Crippen molar-refractivity contribution in [1.82, 2.24) is 10.6 Å². The minimum absolute atomic E-state index is 0.0763. The molecule has 4 bridgehead atoms. The fourth-order valence-electron chi connectivity index (χ4n) is 7.59. The quantitative estimate of drug-likeness (QED) is 0.642. The summed E-state index contributed by atoms with van der Waals surface area (Å²) in [5, 5.41) is 6.45. The number of fused-ring (bicyclic) bond motifs is 1. The third-order valence-electron chi connectivity index (χ3n) is 9.36. The first-order chi connectivity index (χ1) is 15.9. The van der Waals surface area contributed by atoms with Crippen molar-refractivity contribution < 1.29 is 14.4 Å². The Morgan fingerprint density at radius 2 is 1.79 bits per heavy atom. The van der Waals surface area contributed by atoms with Crippen molar-refractivity contribution >= 4 is 23.5 Å². The number of carbonyl (C=O) groups excluding carboxylic acids is 3. The molecule has 5 aliphatic carbocycles. The Morgan fingerprint density at radius 1 is 1.06 bits per heavy atom. The van der Waals surface area contributed by atoms with Gasteiger partial charge in [-0.15, -0.1) is 0 Å². The van der Waals surface area contributed by atoms with Gasteiger partial charge in [-0.3, -0.25) is 14.5 Å². The Bertz CT molecular complexity index is 987. The first-order valence-corrected chi connectivity index (χ1v) is 12.6. The zero-order valence-corrected chi connectivity index (χ0v) is 19.1. The Balaban J connectivity index is 1.09. The van der Waals surface area contributed by atoms with Gasteiger partial charge >= 0.3 is 6.03 Å². The molecule has 1 aromatic rings. The number of hydrogen-bond acceptors (Lipinski definition) is 3. The lowest BCUT2D eigenvalue weighted by Gasteiger charge is -2.59. The Kier molecular flexibility index (Phi) is 4.75. The second-order valence-electron chi connectivity index (χ2n) is 11.4. The van der Waals surface area contributed by atoms with E-state index >= 15 is 0 Å². The maximum atomic E-state index is 13.4. The molecule has 7 rings (SSSR count). The summed E-state index contributed by atoms with van der Waals surface area (Å²) in [5.41, 5.74) is 7.16. The molecule has 1 heterocycles. The van der Waals surface area contributed by atoms with Crippen molar-refractivity contribution in [3.05, 3.63) is 29.8 Å². The fraction of sp³-hybridized carbons (Fsp3) is 0.654. The minimum Gasteiger partial charge on any atom is -0.369 e. The van der Waals surface area contributed by atoms with Gasteiger partial charge in [0.25, 0.3) is 0 Å². The molecule has 5 saturated carbocycles. The van der Waals surface area contributed by atoms with Gasteiger partial charge in [0.1, 0.15) is 0 Å². The van der Waals surface area contributed by atoms with Crippen LogP contribution in [0, 0.1) is 28.6 Å². The fourth-order valence-corrected chi connectivity index (χ4v) is 7.59. The van der Waals surface area contributed by atoms with Gasteiger partial charge in [-0.1, -0.05) is 18.2 Å². The molecule has 176 valence electrons. The van der Waals surface area contributed by atoms with E-state index in [9.17, 15) is 14.4 Å². The lowest BCUT2D eigenvalue weighted by molar-refractivity contribution is -0.148. The Labute approximate surface area is 194 Å². The normalized spacial score (nSPS) is 35.0. The number of amides is 4. The average molecular weight is 451 g/mol. The number of carbonyl (C=O) groups is 3. The van der Waals surface area contributed by atoms with Crippen LogP contribution in [-0.2, 0) is 16.0 Å². The van der Waals surface area contributed by atoms with Crippen LogP contribution in [-0.4, -0.2) is 37.0 Å². The molecule has 0 aromatic heterocycles. The molecule has 1 aliphatic heterocycles. The highest BCUT2D eigenvalue weighted by Crippen LogP contribution is 2.60. The van der Waals surface area contributed by atoms with E-state index in [1.165, 1.54) is 5.56 Å². The highest BCUT2D eigenvalue weighted by atomic mass is 16.2. The molecule has 4 N–H and O–H groups in total. The molecule has 4 amide bonds. The average Bonchev–Trinajstić information content (AvgIpc) is 3.60. The highest BCUT2D eigenvalue weighted by molar-refractivity contribution is 5.94. The number of nitrogens with zero attached hydrogens (tertiary/aromatic N) is 1. The van der Waals surface area contributed by atoms with Gasteiger partial charge in [0.05, 0.1) is 5.41 Å². The molecule has 33 heavy (non-hydrogen) atoms. The highest BCUT2D eigenvalue weighted by Gasteiger charge is 2.59. The molecule has 0 saturated heterocycles. The van der Waals surface area contributed by atoms with E-state index in [0.29, 0.717) is 30.8 Å². The van der Waals surface area contributed by atoms with Crippen LogP contribution in [0.5, 0.6) is 0 Å². The van der Waals surface area contributed by atoms with Crippen molar-refractivity contribution in [3.63, 3.8) is 0 Å². The third kappa shape index (κ3) is 3.42. The first-order valence-electron chi connectivity index (χ1n) is 12.6. The van der Waals surface area contributed by atoms with Gasteiger partial charge in [0.2, 0.25) is 11.8 Å². The predicted octanol–water partition coefficient (Wildman–Crippen LogP) is 2.73. The van der Waals surface area contributed by atoms with E-state index in [0.717, 1.165) is 63.5 Å². The van der Waals surface area contributed by atoms with E-state index in [4.69, 9.17) is 5.73 Å². The summed E-state index contributed by atoms with van der Waals surface area (Å²) in [7, 11) is 0. The number of nitrogens with one attached hydrogen (secondary N) is 2. The van der Waals surface area contributed by atoms with Crippen molar-refractivity contribution in [3.8, 4) is 0 Å². The molecule has 1 aromatic carbocycles. The predicted molar refractivity (Wildman–Crippen MR) is 124 cm³/mol. The van der Waals surface area contributed by atoms with Crippen molar-refractivity contribution in [2.45, 2.75) is 63.8 Å². The molecule has 0 radical (unpaired) electrons. The summed E-state index contributed by atoms with van der Waals surface area (Å²) in [6.45, 7) is 1.09. The van der Waals surface area contributed by atoms with Crippen LogP contribution >= 0.6 is 0 Å². The smallest absolute Gasteiger partial charge is 0.321 e. The summed E-state index contributed by atoms with van der Waals surface area (Å²) in [5.74, 6) is 1.20. The van der Waals surface area contributed by atoms with Crippen LogP contribution in [0.4, 0.5) is 10.5 Å². The molecule has 2 atom stereocenters. The monoisotopic (exact) mass is 450 g/mol. The topological polar surface area (TPSA) is 105 Å². The molecule has 5 fully saturated rings. The molecule has 6 aliphatic rings. The SMILES string of the molecule is NC(=O)C12CC3CC(C1)C(NC(=O)C1(CNC(=O)N4CCCc5ccccc54)CC1)C(C3)C2. The number of aryl methyl sites for hydroxylation is 1. The van der Waals surface area contributed by atoms with E-state index in [1.54, 1.807) is 0 Å². The maximum absolute atomic E-state index is 13.4. The number of benzene rings is 1. The van der Waals surface area contributed by atoms with Crippen LogP contribution in [0.1, 0.15) is 56.9 Å². The second kappa shape index (κ2) is 7.47. The van der Waals surface area contributed by atoms with Crippen LogP contribution < -0.4 is 21.3 Å². The zero-order valence-electron chi connectivity index (χ0n) is 19.1. The van der Waals surface area contributed by atoms with Crippen molar-refractivity contribution in [2.24, 2.45) is 34.3 Å². The Hall–Kier alpha value is -2.57. The van der Waals surface area contributed by atoms with Crippen LogP contribution in [0.2, 0.25) is 0 Å². The molecule has 7 nitrogen and oxygen atoms in total. The number of hydrogen-bond donors (Lipinski definition) is 3. The second-order valence-corrected chi connectivity index (χ2v) is 11.4. The summed E-state index contributed by atoms with van der Waals surface area (Å²) in [6.07, 6.45) is 8.32. The van der Waals surface area contributed by atoms with Gasteiger partial charge < -0.3 is 16.4 Å². The first kappa shape index (κ1) is 21.0. The summed E-state index contributed by atoms with van der Waals surface area (Å²) >= 11 is 0. The number of rotatable bonds is 5. The Morgan fingerprint density at radius 3 is 2.48 bits per heavy atom. The molecular weight excluding hydrogens is 416 g/mol. The van der Waals surface area contributed by atoms with E-state index in [1.807, 2.05) is 23.1 Å². The summed E-state index contributed by atoms with van der Waals surface area (Å²) < 4.78 is 0. The molecular formula is C26H34N4O3. The number of primary amides is 1. The van der Waals surface area contributed by atoms with Gasteiger partial charge in [-0.05, 0) is 87.2 Å². The van der Waals surface area contributed by atoms with Gasteiger partial charge in [0.15, 0.2) is 0 Å². The number of urea groups is 1. The van der Waals surface area contributed by atoms with Crippen LogP contribution in [0.25, 0.3) is 0 Å². The van der Waals surface area contributed by atoms with Crippen LogP contribution in [0.15, 0.2) is 24.3 Å². The van der Waals surface area contributed by atoms with Crippen molar-refractivity contribution in [2.75, 3.05) is 18.0 Å². The molecule has 2 unspecified atom stereocenters. The van der Waals surface area contributed by atoms with E-state index < -0.39 is 5.41 Å². The molecule has 7 heteroatoms. The number of nitrogens with two attached hydrogens (primary N) is 1. The summed E-state index contributed by atoms with van der Waals surface area (Å²) in [6, 6.07) is 8.09. The minimum atomic E-state index is -0.485. The lowest BCUT2D eigenvalue weighted by Crippen LogP contribution is -2.62. The standard InChI is InChI=1S/C26H34N4O3/c27-22(31)26-12-16-10-18(13-26)21(19(11-16)14-26)29-23(32)25(7-8-25)15-28-24(33)30-9-3-5-17-4-1-2-6-20(17)30/h1-2,4,6,16,18-19,21H,3,5,7-15H2,(H2,27,31)(H,28,33)(H,29,32). The van der Waals surface area contributed by atoms with Gasteiger partial charge in [0, 0.05) is 30.2 Å². The van der Waals surface area contributed by atoms with Crippen molar-refractivity contribution in [1.29, 1.82) is 0 Å². The lowest BCUT2D eigenvalue weighted by atomic mass is 9.47. The zero-order chi connectivity index (χ0) is 22.8. The summed E-state index contributed by atoms with van der Waals surface area (Å²) in [4.78, 5) is 40.4. The van der Waals surface area contributed by atoms with Crippen LogP contribution in [0.3, 0.4) is 0 Å². The van der Waals surface area contributed by atoms with Gasteiger partial charge in [-0.25, -0.2) is 4.79 Å². The largest absolute Gasteiger partial charge is 0.369 e. The van der Waals surface area contributed by atoms with Gasteiger partial charge in [-0.2, -0.15) is 0 Å². The third-order valence-corrected chi connectivity index (χ3v) is 9.36. The number of anilines is 1. The maximum Gasteiger partial charge on any atom is 0.321 e. The number of para-hydroxylation sites is 1.